The second-order valence-electron chi connectivity index (χ2n) is 6.71. The highest BCUT2D eigenvalue weighted by molar-refractivity contribution is 5.88. The molecule has 3 N–H and O–H groups in total. The third kappa shape index (κ3) is 3.22. The van der Waals surface area contributed by atoms with E-state index in [9.17, 15) is 4.79 Å². The van der Waals surface area contributed by atoms with Crippen LogP contribution in [0.25, 0.3) is 11.0 Å². The van der Waals surface area contributed by atoms with Crippen LogP contribution >= 0.6 is 0 Å². The number of fused-ring (bicyclic) bond motifs is 1. The summed E-state index contributed by atoms with van der Waals surface area (Å²) in [4.78, 5) is 23.8. The third-order valence-corrected chi connectivity index (χ3v) is 5.07. The normalized spacial score (nSPS) is 17.6. The summed E-state index contributed by atoms with van der Waals surface area (Å²) in [6, 6.07) is 16.8. The number of nitrogens with one attached hydrogen (secondary N) is 1. The Morgan fingerprint density at radius 3 is 2.81 bits per heavy atom. The molecule has 1 fully saturated rings. The topological polar surface area (TPSA) is 78.3 Å². The predicted octanol–water partition coefficient (Wildman–Crippen LogP) is 2.52. The van der Waals surface area contributed by atoms with Gasteiger partial charge in [-0.1, -0.05) is 24.3 Å². The molecular weight excluding hydrogens is 326 g/mol. The Morgan fingerprint density at radius 2 is 2.00 bits per heavy atom. The Morgan fingerprint density at radius 1 is 1.15 bits per heavy atom. The van der Waals surface area contributed by atoms with Crippen molar-refractivity contribution in [1.82, 2.24) is 9.97 Å². The van der Waals surface area contributed by atoms with Crippen molar-refractivity contribution in [2.24, 2.45) is 5.73 Å². The standard InChI is InChI=1S/C20H23N5O/c21-19(26)10-9-16-13-24(15-5-2-1-3-6-15)11-12-25(16)18-8-4-7-17-20(18)23-14-22-17/h1-8,14,16H,9-13H2,(H2,21,26)(H,22,23). The molecule has 6 nitrogen and oxygen atoms in total. The Hall–Kier alpha value is -3.02. The summed E-state index contributed by atoms with van der Waals surface area (Å²) in [6.07, 6.45) is 2.85. The van der Waals surface area contributed by atoms with Crippen LogP contribution in [0, 0.1) is 0 Å². The number of hydrogen-bond donors (Lipinski definition) is 2. The highest BCUT2D eigenvalue weighted by atomic mass is 16.1. The van der Waals surface area contributed by atoms with Crippen LogP contribution in [0.5, 0.6) is 0 Å². The molecule has 2 heterocycles. The monoisotopic (exact) mass is 349 g/mol. The summed E-state index contributed by atoms with van der Waals surface area (Å²) in [5.41, 5.74) is 9.76. The van der Waals surface area contributed by atoms with Gasteiger partial charge in [-0.05, 0) is 30.7 Å². The number of H-pyrrole nitrogens is 1. The number of nitrogens with zero attached hydrogens (tertiary/aromatic N) is 3. The lowest BCUT2D eigenvalue weighted by atomic mass is 10.0. The molecule has 1 amide bonds. The molecule has 3 aromatic rings. The maximum atomic E-state index is 11.4. The number of carbonyl (C=O) groups excluding carboxylic acids is 1. The molecule has 0 spiro atoms. The zero-order valence-corrected chi connectivity index (χ0v) is 14.6. The molecule has 0 bridgehead atoms. The van der Waals surface area contributed by atoms with Crippen molar-refractivity contribution in [3.8, 4) is 0 Å². The number of para-hydroxylation sites is 2. The molecule has 134 valence electrons. The minimum absolute atomic E-state index is 0.207. The van der Waals surface area contributed by atoms with E-state index >= 15 is 0 Å². The average Bonchev–Trinajstić information content (AvgIpc) is 3.16. The Balaban J connectivity index is 1.63. The van der Waals surface area contributed by atoms with E-state index in [4.69, 9.17) is 5.73 Å². The minimum atomic E-state index is -0.250. The SMILES string of the molecule is NC(=O)CCC1CN(c2ccccc2)CCN1c1cccc2[nH]cnc12. The minimum Gasteiger partial charge on any atom is -0.370 e. The van der Waals surface area contributed by atoms with E-state index in [1.54, 1.807) is 6.33 Å². The number of primary amides is 1. The molecule has 1 saturated heterocycles. The zero-order chi connectivity index (χ0) is 17.9. The number of anilines is 2. The lowest BCUT2D eigenvalue weighted by molar-refractivity contribution is -0.118. The van der Waals surface area contributed by atoms with E-state index in [0.717, 1.165) is 42.8 Å². The van der Waals surface area contributed by atoms with Crippen molar-refractivity contribution in [2.75, 3.05) is 29.4 Å². The van der Waals surface area contributed by atoms with Crippen molar-refractivity contribution in [1.29, 1.82) is 0 Å². The van der Waals surface area contributed by atoms with Gasteiger partial charge in [-0.3, -0.25) is 4.79 Å². The predicted molar refractivity (Wildman–Crippen MR) is 104 cm³/mol. The summed E-state index contributed by atoms with van der Waals surface area (Å²) >= 11 is 0. The molecule has 1 atom stereocenters. The zero-order valence-electron chi connectivity index (χ0n) is 14.6. The summed E-state index contributed by atoms with van der Waals surface area (Å²) in [5, 5.41) is 0. The smallest absolute Gasteiger partial charge is 0.217 e. The fourth-order valence-electron chi connectivity index (χ4n) is 3.78. The number of hydrogen-bond acceptors (Lipinski definition) is 4. The van der Waals surface area contributed by atoms with Gasteiger partial charge < -0.3 is 20.5 Å². The van der Waals surface area contributed by atoms with Crippen LogP contribution < -0.4 is 15.5 Å². The number of rotatable bonds is 5. The number of benzene rings is 2. The first-order valence-electron chi connectivity index (χ1n) is 8.99. The van der Waals surface area contributed by atoms with Gasteiger partial charge in [-0.15, -0.1) is 0 Å². The first-order chi connectivity index (χ1) is 12.7. The van der Waals surface area contributed by atoms with Crippen molar-refractivity contribution in [2.45, 2.75) is 18.9 Å². The number of imidazole rings is 1. The number of aromatic nitrogens is 2. The lowest BCUT2D eigenvalue weighted by Gasteiger charge is -2.44. The van der Waals surface area contributed by atoms with Gasteiger partial charge in [0.25, 0.3) is 0 Å². The van der Waals surface area contributed by atoms with Crippen LogP contribution in [0.15, 0.2) is 54.9 Å². The molecule has 0 aliphatic carbocycles. The molecule has 0 saturated carbocycles. The van der Waals surface area contributed by atoms with Gasteiger partial charge in [0.1, 0.15) is 5.52 Å². The van der Waals surface area contributed by atoms with Crippen molar-refractivity contribution < 1.29 is 4.79 Å². The molecule has 1 unspecified atom stereocenters. The van der Waals surface area contributed by atoms with Crippen LogP contribution in [0.4, 0.5) is 11.4 Å². The van der Waals surface area contributed by atoms with Gasteiger partial charge in [-0.2, -0.15) is 0 Å². The molecule has 1 aliphatic rings. The van der Waals surface area contributed by atoms with Crippen molar-refractivity contribution in [3.63, 3.8) is 0 Å². The second kappa shape index (κ2) is 7.07. The molecular formula is C20H23N5O. The van der Waals surface area contributed by atoms with E-state index in [-0.39, 0.29) is 11.9 Å². The fourth-order valence-corrected chi connectivity index (χ4v) is 3.78. The van der Waals surface area contributed by atoms with Gasteiger partial charge in [0.15, 0.2) is 0 Å². The number of aromatic amines is 1. The number of carbonyl (C=O) groups is 1. The molecule has 1 aliphatic heterocycles. The number of amides is 1. The Labute approximate surface area is 152 Å². The van der Waals surface area contributed by atoms with Crippen LogP contribution in [-0.2, 0) is 4.79 Å². The van der Waals surface area contributed by atoms with Gasteiger partial charge in [0, 0.05) is 37.8 Å². The molecule has 0 radical (unpaired) electrons. The van der Waals surface area contributed by atoms with Gasteiger partial charge >= 0.3 is 0 Å². The highest BCUT2D eigenvalue weighted by Gasteiger charge is 2.29. The Kier molecular flexibility index (Phi) is 4.48. The molecule has 6 heteroatoms. The fraction of sp³-hybridized carbons (Fsp3) is 0.300. The molecule has 1 aromatic heterocycles. The molecule has 26 heavy (non-hydrogen) atoms. The largest absolute Gasteiger partial charge is 0.370 e. The average molecular weight is 349 g/mol. The van der Waals surface area contributed by atoms with Gasteiger partial charge in [-0.25, -0.2) is 4.98 Å². The van der Waals surface area contributed by atoms with Crippen LogP contribution in [0.1, 0.15) is 12.8 Å². The molecule has 2 aromatic carbocycles. The number of nitrogens with two attached hydrogens (primary N) is 1. The summed E-state index contributed by atoms with van der Waals surface area (Å²) in [7, 11) is 0. The first kappa shape index (κ1) is 16.4. The molecule has 4 rings (SSSR count). The van der Waals surface area contributed by atoms with E-state index in [1.165, 1.54) is 5.69 Å². The highest BCUT2D eigenvalue weighted by Crippen LogP contribution is 2.30. The van der Waals surface area contributed by atoms with E-state index in [1.807, 2.05) is 18.2 Å². The van der Waals surface area contributed by atoms with Crippen LogP contribution in [0.2, 0.25) is 0 Å². The second-order valence-corrected chi connectivity index (χ2v) is 6.71. The maximum absolute atomic E-state index is 11.4. The van der Waals surface area contributed by atoms with E-state index < -0.39 is 0 Å². The van der Waals surface area contributed by atoms with Crippen LogP contribution in [0.3, 0.4) is 0 Å². The summed E-state index contributed by atoms with van der Waals surface area (Å²) in [5.74, 6) is -0.250. The van der Waals surface area contributed by atoms with Crippen molar-refractivity contribution in [3.05, 3.63) is 54.9 Å². The first-order valence-corrected chi connectivity index (χ1v) is 8.99. The summed E-state index contributed by atoms with van der Waals surface area (Å²) in [6.45, 7) is 2.67. The maximum Gasteiger partial charge on any atom is 0.217 e. The quantitative estimate of drug-likeness (QED) is 0.742. The Bertz CT molecular complexity index is 891. The number of piperazine rings is 1. The summed E-state index contributed by atoms with van der Waals surface area (Å²) < 4.78 is 0. The lowest BCUT2D eigenvalue weighted by Crippen LogP contribution is -2.53. The van der Waals surface area contributed by atoms with Gasteiger partial charge in [0.05, 0.1) is 17.5 Å². The van der Waals surface area contributed by atoms with E-state index in [0.29, 0.717) is 6.42 Å². The van der Waals surface area contributed by atoms with Crippen LogP contribution in [-0.4, -0.2) is 41.6 Å². The third-order valence-electron chi connectivity index (χ3n) is 5.07. The van der Waals surface area contributed by atoms with Gasteiger partial charge in [0.2, 0.25) is 5.91 Å². The van der Waals surface area contributed by atoms with E-state index in [2.05, 4.69) is 50.1 Å². The van der Waals surface area contributed by atoms with Crippen molar-refractivity contribution >= 4 is 28.3 Å².